The zero-order chi connectivity index (χ0) is 17.3. The van der Waals surface area contributed by atoms with E-state index < -0.39 is 5.60 Å². The van der Waals surface area contributed by atoms with E-state index in [1.54, 1.807) is 6.92 Å². The number of carbonyl (C=O) groups excluding carboxylic acids is 1. The minimum atomic E-state index is -0.841. The molecule has 0 fully saturated rings. The average molecular weight is 318 g/mol. The van der Waals surface area contributed by atoms with Gasteiger partial charge in [-0.2, -0.15) is 0 Å². The van der Waals surface area contributed by atoms with Gasteiger partial charge in [0.05, 0.1) is 0 Å². The van der Waals surface area contributed by atoms with Crippen LogP contribution in [0.15, 0.2) is 60.7 Å². The molecule has 0 spiro atoms. The Bertz CT molecular complexity index is 778. The number of benzene rings is 2. The van der Waals surface area contributed by atoms with Crippen LogP contribution in [0.4, 0.5) is 0 Å². The first-order valence-electron chi connectivity index (χ1n) is 8.22. The summed E-state index contributed by atoms with van der Waals surface area (Å²) in [6, 6.07) is 16.2. The molecule has 1 aliphatic carbocycles. The molecule has 122 valence electrons. The second-order valence-electron chi connectivity index (χ2n) is 6.57. The minimum Gasteiger partial charge on any atom is -0.446 e. The van der Waals surface area contributed by atoms with Gasteiger partial charge in [-0.3, -0.25) is 0 Å². The van der Waals surface area contributed by atoms with Crippen molar-refractivity contribution in [1.82, 2.24) is 0 Å². The smallest absolute Gasteiger partial charge is 0.334 e. The van der Waals surface area contributed by atoms with Crippen LogP contribution in [-0.2, 0) is 15.1 Å². The SMILES string of the molecule is C=C(C)C(=O)OC1(C(C)C)c2ccccc2C=Cc2ccccc21. The fourth-order valence-electron chi connectivity index (χ4n) is 3.37. The molecular formula is C22H22O2. The first-order valence-corrected chi connectivity index (χ1v) is 8.22. The fourth-order valence-corrected chi connectivity index (χ4v) is 3.37. The average Bonchev–Trinajstić information content (AvgIpc) is 2.71. The normalized spacial score (nSPS) is 14.5. The molecule has 24 heavy (non-hydrogen) atoms. The monoisotopic (exact) mass is 318 g/mol. The Morgan fingerprint density at radius 2 is 1.42 bits per heavy atom. The van der Waals surface area contributed by atoms with Crippen molar-refractivity contribution in [1.29, 1.82) is 0 Å². The van der Waals surface area contributed by atoms with Gasteiger partial charge in [0.25, 0.3) is 0 Å². The molecule has 1 aliphatic rings. The zero-order valence-electron chi connectivity index (χ0n) is 14.4. The van der Waals surface area contributed by atoms with Crippen molar-refractivity contribution >= 4 is 18.1 Å². The summed E-state index contributed by atoms with van der Waals surface area (Å²) in [5.41, 5.74) is 3.72. The van der Waals surface area contributed by atoms with Gasteiger partial charge in [0.1, 0.15) is 0 Å². The van der Waals surface area contributed by atoms with E-state index in [9.17, 15) is 4.79 Å². The van der Waals surface area contributed by atoms with Crippen molar-refractivity contribution < 1.29 is 9.53 Å². The first kappa shape index (κ1) is 16.3. The van der Waals surface area contributed by atoms with Gasteiger partial charge in [-0.1, -0.05) is 81.1 Å². The van der Waals surface area contributed by atoms with Gasteiger partial charge in [0, 0.05) is 22.6 Å². The highest BCUT2D eigenvalue weighted by molar-refractivity contribution is 5.88. The Morgan fingerprint density at radius 3 is 1.83 bits per heavy atom. The Morgan fingerprint density at radius 1 is 0.958 bits per heavy atom. The lowest BCUT2D eigenvalue weighted by molar-refractivity contribution is -0.156. The predicted molar refractivity (Wildman–Crippen MR) is 98.3 cm³/mol. The lowest BCUT2D eigenvalue weighted by Crippen LogP contribution is -2.40. The van der Waals surface area contributed by atoms with Crippen LogP contribution >= 0.6 is 0 Å². The molecule has 0 unspecified atom stereocenters. The number of fused-ring (bicyclic) bond motifs is 2. The molecule has 0 aliphatic heterocycles. The van der Waals surface area contributed by atoms with Gasteiger partial charge in [0.15, 0.2) is 5.60 Å². The third kappa shape index (κ3) is 2.48. The second-order valence-corrected chi connectivity index (χ2v) is 6.57. The second kappa shape index (κ2) is 6.12. The van der Waals surface area contributed by atoms with E-state index in [1.807, 2.05) is 36.4 Å². The van der Waals surface area contributed by atoms with E-state index in [0.29, 0.717) is 5.57 Å². The van der Waals surface area contributed by atoms with Crippen molar-refractivity contribution in [3.63, 3.8) is 0 Å². The van der Waals surface area contributed by atoms with E-state index >= 15 is 0 Å². The highest BCUT2D eigenvalue weighted by atomic mass is 16.6. The molecule has 0 saturated heterocycles. The van der Waals surface area contributed by atoms with Crippen LogP contribution in [0.3, 0.4) is 0 Å². The van der Waals surface area contributed by atoms with Crippen LogP contribution in [0.25, 0.3) is 12.2 Å². The summed E-state index contributed by atoms with van der Waals surface area (Å²) in [5, 5.41) is 0. The summed E-state index contributed by atoms with van der Waals surface area (Å²) in [6.07, 6.45) is 4.18. The largest absolute Gasteiger partial charge is 0.446 e. The zero-order valence-corrected chi connectivity index (χ0v) is 14.4. The molecule has 0 radical (unpaired) electrons. The first-order chi connectivity index (χ1) is 11.5. The maximum absolute atomic E-state index is 12.5. The van der Waals surface area contributed by atoms with E-state index in [2.05, 4.69) is 44.7 Å². The van der Waals surface area contributed by atoms with Gasteiger partial charge in [-0.15, -0.1) is 0 Å². The topological polar surface area (TPSA) is 26.3 Å². The molecule has 2 aromatic carbocycles. The highest BCUT2D eigenvalue weighted by Gasteiger charge is 2.44. The lowest BCUT2D eigenvalue weighted by atomic mass is 9.75. The van der Waals surface area contributed by atoms with Crippen LogP contribution in [0.5, 0.6) is 0 Å². The number of rotatable bonds is 3. The van der Waals surface area contributed by atoms with Crippen molar-refractivity contribution in [2.24, 2.45) is 5.92 Å². The lowest BCUT2D eigenvalue weighted by Gasteiger charge is -2.39. The third-order valence-corrected chi connectivity index (χ3v) is 4.58. The van der Waals surface area contributed by atoms with Crippen LogP contribution in [0, 0.1) is 5.92 Å². The van der Waals surface area contributed by atoms with Gasteiger partial charge in [0.2, 0.25) is 0 Å². The third-order valence-electron chi connectivity index (χ3n) is 4.58. The molecule has 2 nitrogen and oxygen atoms in total. The Kier molecular flexibility index (Phi) is 4.15. The van der Waals surface area contributed by atoms with Gasteiger partial charge < -0.3 is 4.74 Å². The number of ether oxygens (including phenoxy) is 1. The van der Waals surface area contributed by atoms with Gasteiger partial charge in [-0.05, 0) is 18.1 Å². The van der Waals surface area contributed by atoms with Crippen molar-refractivity contribution in [3.8, 4) is 0 Å². The summed E-state index contributed by atoms with van der Waals surface area (Å²) in [7, 11) is 0. The van der Waals surface area contributed by atoms with Gasteiger partial charge >= 0.3 is 5.97 Å². The Balaban J connectivity index is 2.35. The molecule has 0 N–H and O–H groups in total. The molecule has 3 rings (SSSR count). The molecule has 0 aromatic heterocycles. The molecule has 0 atom stereocenters. The number of hydrogen-bond donors (Lipinski definition) is 0. The van der Waals surface area contributed by atoms with Crippen LogP contribution in [-0.4, -0.2) is 5.97 Å². The summed E-state index contributed by atoms with van der Waals surface area (Å²) in [4.78, 5) is 12.5. The van der Waals surface area contributed by atoms with Crippen molar-refractivity contribution in [3.05, 3.63) is 82.9 Å². The summed E-state index contributed by atoms with van der Waals surface area (Å²) >= 11 is 0. The molecule has 2 heteroatoms. The number of esters is 1. The van der Waals surface area contributed by atoms with Crippen molar-refractivity contribution in [2.45, 2.75) is 26.4 Å². The number of carbonyl (C=O) groups is 1. The van der Waals surface area contributed by atoms with Crippen LogP contribution in [0.1, 0.15) is 43.0 Å². The van der Waals surface area contributed by atoms with E-state index in [-0.39, 0.29) is 11.9 Å². The molecule has 2 aromatic rings. The molecule has 0 amide bonds. The maximum Gasteiger partial charge on any atom is 0.334 e. The number of hydrogen-bond acceptors (Lipinski definition) is 2. The molecule has 0 bridgehead atoms. The predicted octanol–water partition coefficient (Wildman–Crippen LogP) is 5.19. The van der Waals surface area contributed by atoms with Gasteiger partial charge in [-0.25, -0.2) is 4.79 Å². The quantitative estimate of drug-likeness (QED) is 0.575. The molecular weight excluding hydrogens is 296 g/mol. The van der Waals surface area contributed by atoms with E-state index in [1.165, 1.54) is 0 Å². The summed E-state index contributed by atoms with van der Waals surface area (Å²) in [5.74, 6) is -0.307. The molecule has 0 heterocycles. The van der Waals surface area contributed by atoms with Crippen LogP contribution in [0.2, 0.25) is 0 Å². The van der Waals surface area contributed by atoms with E-state index in [4.69, 9.17) is 4.74 Å². The Hall–Kier alpha value is -2.61. The molecule has 0 saturated carbocycles. The van der Waals surface area contributed by atoms with Crippen molar-refractivity contribution in [2.75, 3.05) is 0 Å². The Labute approximate surface area is 143 Å². The maximum atomic E-state index is 12.5. The fraction of sp³-hybridized carbons (Fsp3) is 0.227. The standard InChI is InChI=1S/C22H22O2/c1-15(2)21(23)24-22(16(3)4)19-11-7-5-9-17(19)13-14-18-10-6-8-12-20(18)22/h5-14,16H,1H2,2-4H3. The minimum absolute atomic E-state index is 0.0583. The highest BCUT2D eigenvalue weighted by Crippen LogP contribution is 2.46. The van der Waals surface area contributed by atoms with Crippen LogP contribution < -0.4 is 0 Å². The van der Waals surface area contributed by atoms with E-state index in [0.717, 1.165) is 22.3 Å². The summed E-state index contributed by atoms with van der Waals surface area (Å²) < 4.78 is 6.16. The summed E-state index contributed by atoms with van der Waals surface area (Å²) in [6.45, 7) is 9.62.